The molecular formula is C29H34Cl2Zr-2. The monoisotopic (exact) mass is 542 g/mol. The van der Waals surface area contributed by atoms with E-state index < -0.39 is 0 Å². The van der Waals surface area contributed by atoms with Gasteiger partial charge in [-0.3, -0.25) is 0 Å². The first-order valence-corrected chi connectivity index (χ1v) is 12.6. The first kappa shape index (κ1) is 29.2. The van der Waals surface area contributed by atoms with Crippen molar-refractivity contribution in [1.82, 2.24) is 0 Å². The summed E-state index contributed by atoms with van der Waals surface area (Å²) in [6.07, 6.45) is 6.87. The minimum atomic E-state index is 0. The van der Waals surface area contributed by atoms with Gasteiger partial charge in [0.05, 0.1) is 0 Å². The van der Waals surface area contributed by atoms with Crippen LogP contribution in [0.4, 0.5) is 0 Å². The Hall–Kier alpha value is -0.877. The number of hydrogen-bond donors (Lipinski definition) is 0. The smallest absolute Gasteiger partial charge is 0.172 e. The minimum absolute atomic E-state index is 0. The number of halogens is 2. The molecule has 0 N–H and O–H groups in total. The molecule has 2 aliphatic carbocycles. The Bertz CT molecular complexity index is 875. The summed E-state index contributed by atoms with van der Waals surface area (Å²) in [5.41, 5.74) is 8.48. The summed E-state index contributed by atoms with van der Waals surface area (Å²) in [7, 11) is 0. The van der Waals surface area contributed by atoms with E-state index in [2.05, 4.69) is 64.1 Å². The van der Waals surface area contributed by atoms with Crippen LogP contribution in [0.5, 0.6) is 0 Å². The van der Waals surface area contributed by atoms with Crippen molar-refractivity contribution in [3.05, 3.63) is 89.0 Å². The molecule has 1 saturated carbocycles. The van der Waals surface area contributed by atoms with Crippen molar-refractivity contribution in [2.45, 2.75) is 71.6 Å². The van der Waals surface area contributed by atoms with Crippen LogP contribution < -0.4 is 24.8 Å². The summed E-state index contributed by atoms with van der Waals surface area (Å²) in [6.45, 7) is 9.01. The molecule has 0 unspecified atom stereocenters. The zero-order chi connectivity index (χ0) is 21.5. The third-order valence-electron chi connectivity index (χ3n) is 5.94. The molecule has 0 aromatic heterocycles. The second-order valence-electron chi connectivity index (χ2n) is 9.00. The van der Waals surface area contributed by atoms with Gasteiger partial charge < -0.3 is 24.8 Å². The van der Waals surface area contributed by atoms with Crippen molar-refractivity contribution in [3.8, 4) is 11.1 Å². The number of rotatable bonds is 2. The molecule has 5 rings (SSSR count). The van der Waals surface area contributed by atoms with Gasteiger partial charge in [0.1, 0.15) is 0 Å². The first-order chi connectivity index (χ1) is 14.5. The summed E-state index contributed by atoms with van der Waals surface area (Å²) in [4.78, 5) is 0. The van der Waals surface area contributed by atoms with E-state index in [-0.39, 0.29) is 24.8 Å². The van der Waals surface area contributed by atoms with Crippen molar-refractivity contribution in [2.75, 3.05) is 0 Å². The Morgan fingerprint density at radius 1 is 0.844 bits per heavy atom. The van der Waals surface area contributed by atoms with E-state index in [0.29, 0.717) is 11.8 Å². The predicted octanol–water partition coefficient (Wildman–Crippen LogP) is 2.00. The molecule has 3 heteroatoms. The minimum Gasteiger partial charge on any atom is -0.214 e. The molecule has 0 bridgehead atoms. The SMILES string of the molecule is CC(C)c1c[c-]c2c(c1)-c1cc(C(C)C)ccc1C2.[Cl-].[Cl-].[Zr+2]=[C]1CCCC1.c1cc[cH-]c1. The molecule has 2 aliphatic rings. The standard InChI is InChI=1S/C19H21.C5H8.C5H5.2ClH.Zr/c1-12(2)14-5-7-16-9-17-8-6-15(13(3)4)11-19(17)18(16)10-14;2*1-2-4-5-3-1;;;/h5-7,10-13H,9H2,1-4H3;1-4H2;1-5H;2*1H;/q-1;;-1;;;+2/p-2. The Morgan fingerprint density at radius 3 is 1.91 bits per heavy atom. The quantitative estimate of drug-likeness (QED) is 0.339. The molecule has 0 heterocycles. The van der Waals surface area contributed by atoms with Crippen molar-refractivity contribution in [2.24, 2.45) is 0 Å². The van der Waals surface area contributed by atoms with Gasteiger partial charge in [-0.25, -0.2) is 12.1 Å². The molecule has 0 amide bonds. The van der Waals surface area contributed by atoms with Gasteiger partial charge >= 0.3 is 53.1 Å². The van der Waals surface area contributed by atoms with Gasteiger partial charge in [0.25, 0.3) is 0 Å². The van der Waals surface area contributed by atoms with E-state index in [4.69, 9.17) is 0 Å². The largest absolute Gasteiger partial charge is 0.214 e. The molecule has 0 spiro atoms. The average molecular weight is 545 g/mol. The Kier molecular flexibility index (Phi) is 13.1. The third kappa shape index (κ3) is 8.16. The van der Waals surface area contributed by atoms with Gasteiger partial charge in [0, 0.05) is 0 Å². The second kappa shape index (κ2) is 14.4. The zero-order valence-electron chi connectivity index (χ0n) is 19.7. The van der Waals surface area contributed by atoms with Crippen molar-refractivity contribution in [1.29, 1.82) is 0 Å². The number of hydrogen-bond acceptors (Lipinski definition) is 0. The average Bonchev–Trinajstić information content (AvgIpc) is 3.50. The topological polar surface area (TPSA) is 0 Å². The molecule has 32 heavy (non-hydrogen) atoms. The van der Waals surface area contributed by atoms with Crippen LogP contribution in [0.2, 0.25) is 0 Å². The van der Waals surface area contributed by atoms with Gasteiger partial charge in [0.15, 0.2) is 0 Å². The number of fused-ring (bicyclic) bond motifs is 3. The fraction of sp³-hybridized carbons (Fsp3) is 0.379. The second-order valence-corrected chi connectivity index (χ2v) is 10.7. The van der Waals surface area contributed by atoms with Crippen molar-refractivity contribution < 1.29 is 49.0 Å². The Morgan fingerprint density at radius 2 is 1.44 bits per heavy atom. The van der Waals surface area contributed by atoms with Gasteiger partial charge in [-0.05, 0) is 17.9 Å². The van der Waals surface area contributed by atoms with E-state index in [9.17, 15) is 0 Å². The van der Waals surface area contributed by atoms with Crippen LogP contribution in [0.15, 0.2) is 60.7 Å². The van der Waals surface area contributed by atoms with Crippen LogP contribution in [-0.2, 0) is 30.7 Å². The predicted molar refractivity (Wildman–Crippen MR) is 127 cm³/mol. The van der Waals surface area contributed by atoms with Crippen LogP contribution in [0.3, 0.4) is 0 Å². The first-order valence-electron chi connectivity index (χ1n) is 11.4. The summed E-state index contributed by atoms with van der Waals surface area (Å²) in [5.74, 6) is 1.16. The summed E-state index contributed by atoms with van der Waals surface area (Å²) in [6, 6.07) is 25.0. The van der Waals surface area contributed by atoms with Crippen molar-refractivity contribution in [3.63, 3.8) is 0 Å². The van der Waals surface area contributed by atoms with Gasteiger partial charge in [0.2, 0.25) is 0 Å². The molecular weight excluding hydrogens is 510 g/mol. The fourth-order valence-electron chi connectivity index (χ4n) is 3.93. The maximum absolute atomic E-state index is 3.49. The maximum atomic E-state index is 3.49. The van der Waals surface area contributed by atoms with E-state index in [0.717, 1.165) is 6.42 Å². The molecule has 0 aliphatic heterocycles. The molecule has 1 fully saturated rings. The maximum Gasteiger partial charge on any atom is -0.172 e. The number of benzene rings is 2. The molecule has 0 nitrogen and oxygen atoms in total. The van der Waals surface area contributed by atoms with Gasteiger partial charge in [-0.1, -0.05) is 62.9 Å². The van der Waals surface area contributed by atoms with Crippen LogP contribution in [0.1, 0.15) is 87.5 Å². The third-order valence-corrected chi connectivity index (χ3v) is 7.17. The molecule has 3 aromatic rings. The van der Waals surface area contributed by atoms with E-state index in [1.807, 2.05) is 30.3 Å². The van der Waals surface area contributed by atoms with Crippen molar-refractivity contribution >= 4 is 3.21 Å². The Labute approximate surface area is 222 Å². The van der Waals surface area contributed by atoms with E-state index in [1.165, 1.54) is 59.1 Å². The summed E-state index contributed by atoms with van der Waals surface area (Å²) < 4.78 is 1.79. The molecule has 0 saturated heterocycles. The fourth-order valence-corrected chi connectivity index (χ4v) is 4.80. The molecule has 0 radical (unpaired) electrons. The summed E-state index contributed by atoms with van der Waals surface area (Å²) >= 11 is 1.68. The molecule has 170 valence electrons. The molecule has 3 aromatic carbocycles. The normalized spacial score (nSPS) is 13.2. The van der Waals surface area contributed by atoms with E-state index >= 15 is 0 Å². The van der Waals surface area contributed by atoms with Gasteiger partial charge in [-0.15, -0.1) is 5.56 Å². The molecule has 0 atom stereocenters. The van der Waals surface area contributed by atoms with Crippen LogP contribution in [0, 0.1) is 6.07 Å². The Balaban J connectivity index is 0.000000325. The summed E-state index contributed by atoms with van der Waals surface area (Å²) in [5, 5.41) is 0. The van der Waals surface area contributed by atoms with Gasteiger partial charge in [-0.2, -0.15) is 47.5 Å². The van der Waals surface area contributed by atoms with Crippen LogP contribution in [-0.4, -0.2) is 3.21 Å². The van der Waals surface area contributed by atoms with Crippen LogP contribution >= 0.6 is 0 Å². The zero-order valence-corrected chi connectivity index (χ0v) is 23.7. The van der Waals surface area contributed by atoms with E-state index in [1.54, 1.807) is 27.4 Å². The van der Waals surface area contributed by atoms with Crippen LogP contribution in [0.25, 0.3) is 11.1 Å².